The van der Waals surface area contributed by atoms with Crippen LogP contribution in [0.15, 0.2) is 35.1 Å². The first-order valence-electron chi connectivity index (χ1n) is 5.26. The van der Waals surface area contributed by atoms with Crippen LogP contribution in [0, 0.1) is 5.82 Å². The third-order valence-electron chi connectivity index (χ3n) is 2.85. The fourth-order valence-corrected chi connectivity index (χ4v) is 2.06. The zero-order chi connectivity index (χ0) is 11.0. The van der Waals surface area contributed by atoms with Crippen molar-refractivity contribution < 1.29 is 8.81 Å². The zero-order valence-corrected chi connectivity index (χ0v) is 8.61. The van der Waals surface area contributed by atoms with Crippen LogP contribution < -0.4 is 5.32 Å². The molecule has 1 unspecified atom stereocenters. The quantitative estimate of drug-likeness (QED) is 0.796. The number of benzene rings is 1. The van der Waals surface area contributed by atoms with E-state index in [9.17, 15) is 4.39 Å². The monoisotopic (exact) mass is 218 g/mol. The van der Waals surface area contributed by atoms with Gasteiger partial charge in [-0.25, -0.2) is 9.37 Å². The Bertz CT molecular complexity index is 492. The van der Waals surface area contributed by atoms with Gasteiger partial charge in [-0.15, -0.1) is 0 Å². The molecule has 0 saturated carbocycles. The maximum atomic E-state index is 12.8. The van der Waals surface area contributed by atoms with Crippen molar-refractivity contribution in [2.45, 2.75) is 12.5 Å². The number of rotatable bonds is 1. The first kappa shape index (κ1) is 9.54. The van der Waals surface area contributed by atoms with Gasteiger partial charge in [-0.3, -0.25) is 0 Å². The molecule has 2 aromatic rings. The molecular weight excluding hydrogens is 207 g/mol. The van der Waals surface area contributed by atoms with Crippen molar-refractivity contribution in [3.8, 4) is 0 Å². The van der Waals surface area contributed by atoms with Gasteiger partial charge in [-0.2, -0.15) is 0 Å². The second kappa shape index (κ2) is 3.72. The lowest BCUT2D eigenvalue weighted by molar-refractivity contribution is 0.456. The highest BCUT2D eigenvalue weighted by molar-refractivity contribution is 5.31. The zero-order valence-electron chi connectivity index (χ0n) is 8.61. The Labute approximate surface area is 92.3 Å². The normalized spacial score (nSPS) is 19.4. The minimum atomic E-state index is -0.222. The molecule has 1 aliphatic heterocycles. The van der Waals surface area contributed by atoms with Crippen molar-refractivity contribution in [2.75, 3.05) is 6.54 Å². The predicted molar refractivity (Wildman–Crippen MR) is 56.5 cm³/mol. The van der Waals surface area contributed by atoms with Gasteiger partial charge in [0.2, 0.25) is 0 Å². The van der Waals surface area contributed by atoms with Crippen molar-refractivity contribution in [3.63, 3.8) is 0 Å². The molecule has 0 radical (unpaired) electrons. The first-order chi connectivity index (χ1) is 7.84. The van der Waals surface area contributed by atoms with Crippen LogP contribution in [0.3, 0.4) is 0 Å². The third-order valence-corrected chi connectivity index (χ3v) is 2.85. The maximum Gasteiger partial charge on any atom is 0.181 e. The number of halogens is 1. The van der Waals surface area contributed by atoms with E-state index in [0.29, 0.717) is 0 Å². The average molecular weight is 218 g/mol. The molecule has 1 N–H and O–H groups in total. The van der Waals surface area contributed by atoms with Crippen molar-refractivity contribution in [2.24, 2.45) is 0 Å². The molecule has 0 spiro atoms. The summed E-state index contributed by atoms with van der Waals surface area (Å²) in [5.74, 6) is 0.702. The van der Waals surface area contributed by atoms with Gasteiger partial charge >= 0.3 is 0 Å². The lowest BCUT2D eigenvalue weighted by atomic mass is 9.98. The lowest BCUT2D eigenvalue weighted by Crippen LogP contribution is -2.30. The van der Waals surface area contributed by atoms with Crippen LogP contribution in [-0.4, -0.2) is 11.5 Å². The van der Waals surface area contributed by atoms with E-state index in [2.05, 4.69) is 10.3 Å². The van der Waals surface area contributed by atoms with Crippen LogP contribution >= 0.6 is 0 Å². The molecule has 0 aliphatic carbocycles. The second-order valence-corrected chi connectivity index (χ2v) is 3.85. The van der Waals surface area contributed by atoms with Crippen molar-refractivity contribution >= 4 is 0 Å². The SMILES string of the molecule is Fc1ccc(C2NCCc3ocnc32)cc1. The van der Waals surface area contributed by atoms with E-state index in [1.165, 1.54) is 18.5 Å². The summed E-state index contributed by atoms with van der Waals surface area (Å²) in [6.45, 7) is 0.851. The molecule has 3 nitrogen and oxygen atoms in total. The van der Waals surface area contributed by atoms with E-state index in [1.54, 1.807) is 12.1 Å². The highest BCUT2D eigenvalue weighted by Crippen LogP contribution is 2.27. The largest absolute Gasteiger partial charge is 0.448 e. The number of hydrogen-bond acceptors (Lipinski definition) is 3. The molecule has 16 heavy (non-hydrogen) atoms. The van der Waals surface area contributed by atoms with Crippen LogP contribution in [0.25, 0.3) is 0 Å². The second-order valence-electron chi connectivity index (χ2n) is 3.85. The molecule has 1 aromatic heterocycles. The highest BCUT2D eigenvalue weighted by Gasteiger charge is 2.24. The summed E-state index contributed by atoms with van der Waals surface area (Å²) in [7, 11) is 0. The minimum absolute atomic E-state index is 0.0168. The summed E-state index contributed by atoms with van der Waals surface area (Å²) in [6, 6.07) is 6.49. The van der Waals surface area contributed by atoms with Crippen LogP contribution in [0.5, 0.6) is 0 Å². The molecule has 3 rings (SSSR count). The van der Waals surface area contributed by atoms with E-state index in [1.807, 2.05) is 0 Å². The summed E-state index contributed by atoms with van der Waals surface area (Å²) < 4.78 is 18.1. The van der Waals surface area contributed by atoms with E-state index in [4.69, 9.17) is 4.42 Å². The van der Waals surface area contributed by atoms with Crippen LogP contribution in [0.2, 0.25) is 0 Å². The Hall–Kier alpha value is -1.68. The molecule has 82 valence electrons. The van der Waals surface area contributed by atoms with Crippen LogP contribution in [-0.2, 0) is 6.42 Å². The number of nitrogens with one attached hydrogen (secondary N) is 1. The van der Waals surface area contributed by atoms with Gasteiger partial charge in [-0.05, 0) is 17.7 Å². The molecule has 4 heteroatoms. The Balaban J connectivity index is 2.00. The number of aromatic nitrogens is 1. The molecule has 0 amide bonds. The average Bonchev–Trinajstić information content (AvgIpc) is 2.78. The smallest absolute Gasteiger partial charge is 0.181 e. The Morgan fingerprint density at radius 3 is 2.94 bits per heavy atom. The van der Waals surface area contributed by atoms with Gasteiger partial charge in [0, 0.05) is 13.0 Å². The third kappa shape index (κ3) is 1.51. The molecule has 2 heterocycles. The van der Waals surface area contributed by atoms with Gasteiger partial charge in [0.25, 0.3) is 0 Å². The number of fused-ring (bicyclic) bond motifs is 1. The van der Waals surface area contributed by atoms with Crippen molar-refractivity contribution in [1.29, 1.82) is 0 Å². The Morgan fingerprint density at radius 2 is 2.12 bits per heavy atom. The van der Waals surface area contributed by atoms with Gasteiger partial charge in [0.05, 0.1) is 6.04 Å². The molecule has 0 saturated heterocycles. The predicted octanol–water partition coefficient (Wildman–Crippen LogP) is 2.05. The molecule has 1 aromatic carbocycles. The number of hydrogen-bond donors (Lipinski definition) is 1. The summed E-state index contributed by atoms with van der Waals surface area (Å²) in [5, 5.41) is 3.35. The van der Waals surface area contributed by atoms with Gasteiger partial charge in [-0.1, -0.05) is 12.1 Å². The Morgan fingerprint density at radius 1 is 1.31 bits per heavy atom. The number of oxazole rings is 1. The number of nitrogens with zero attached hydrogens (tertiary/aromatic N) is 1. The lowest BCUT2D eigenvalue weighted by Gasteiger charge is -2.22. The van der Waals surface area contributed by atoms with Gasteiger partial charge < -0.3 is 9.73 Å². The first-order valence-corrected chi connectivity index (χ1v) is 5.26. The fraction of sp³-hybridized carbons (Fsp3) is 0.250. The molecule has 1 atom stereocenters. The van der Waals surface area contributed by atoms with E-state index < -0.39 is 0 Å². The van der Waals surface area contributed by atoms with Gasteiger partial charge in [0.1, 0.15) is 17.3 Å². The van der Waals surface area contributed by atoms with E-state index >= 15 is 0 Å². The standard InChI is InChI=1S/C12H11FN2O/c13-9-3-1-8(2-4-9)11-12-10(5-6-14-11)16-7-15-12/h1-4,7,11,14H,5-6H2. The van der Waals surface area contributed by atoms with E-state index in [-0.39, 0.29) is 11.9 Å². The molecule has 0 fully saturated rings. The summed E-state index contributed by atoms with van der Waals surface area (Å²) in [5.41, 5.74) is 1.93. The summed E-state index contributed by atoms with van der Waals surface area (Å²) >= 11 is 0. The van der Waals surface area contributed by atoms with Crippen molar-refractivity contribution in [3.05, 3.63) is 53.5 Å². The van der Waals surface area contributed by atoms with Crippen LogP contribution in [0.4, 0.5) is 4.39 Å². The fourth-order valence-electron chi connectivity index (χ4n) is 2.06. The molecule has 1 aliphatic rings. The highest BCUT2D eigenvalue weighted by atomic mass is 19.1. The topological polar surface area (TPSA) is 38.1 Å². The van der Waals surface area contributed by atoms with E-state index in [0.717, 1.165) is 30.0 Å². The summed E-state index contributed by atoms with van der Waals surface area (Å²) in [6.07, 6.45) is 2.32. The maximum absolute atomic E-state index is 12.8. The Kier molecular flexibility index (Phi) is 2.22. The van der Waals surface area contributed by atoms with Gasteiger partial charge in [0.15, 0.2) is 6.39 Å². The minimum Gasteiger partial charge on any atom is -0.448 e. The molecule has 0 bridgehead atoms. The molecular formula is C12H11FN2O. The summed E-state index contributed by atoms with van der Waals surface area (Å²) in [4.78, 5) is 4.21. The van der Waals surface area contributed by atoms with Crippen molar-refractivity contribution in [1.82, 2.24) is 10.3 Å². The van der Waals surface area contributed by atoms with Crippen LogP contribution in [0.1, 0.15) is 23.1 Å².